The Kier molecular flexibility index (Phi) is 7.53. The minimum atomic E-state index is -0.318. The molecule has 0 radical (unpaired) electrons. The highest BCUT2D eigenvalue weighted by molar-refractivity contribution is 5.95. The van der Waals surface area contributed by atoms with Crippen molar-refractivity contribution in [3.05, 3.63) is 65.3 Å². The van der Waals surface area contributed by atoms with E-state index in [0.717, 1.165) is 56.2 Å². The van der Waals surface area contributed by atoms with Crippen molar-refractivity contribution < 1.29 is 14.3 Å². The predicted octanol–water partition coefficient (Wildman–Crippen LogP) is 4.67. The first-order valence-corrected chi connectivity index (χ1v) is 12.5. The maximum absolute atomic E-state index is 13.4. The second-order valence-corrected chi connectivity index (χ2v) is 10.5. The van der Waals surface area contributed by atoms with Crippen LogP contribution in [0.2, 0.25) is 0 Å². The van der Waals surface area contributed by atoms with Gasteiger partial charge >= 0.3 is 0 Å². The van der Waals surface area contributed by atoms with Crippen LogP contribution in [-0.4, -0.2) is 49.7 Å². The third-order valence-corrected chi connectivity index (χ3v) is 6.43. The molecule has 0 spiro atoms. The summed E-state index contributed by atoms with van der Waals surface area (Å²) >= 11 is 0. The monoisotopic (exact) mass is 476 g/mol. The molecule has 0 aromatic carbocycles. The molecule has 0 saturated heterocycles. The summed E-state index contributed by atoms with van der Waals surface area (Å²) in [6.07, 6.45) is 17.6. The number of aryl methyl sites for hydroxylation is 2. The molecule has 0 bridgehead atoms. The number of rotatable bonds is 5. The van der Waals surface area contributed by atoms with Crippen LogP contribution < -0.4 is 0 Å². The third kappa shape index (κ3) is 6.47. The van der Waals surface area contributed by atoms with Crippen molar-refractivity contribution in [2.75, 3.05) is 0 Å². The van der Waals surface area contributed by atoms with Gasteiger partial charge in [-0.3, -0.25) is 19.3 Å². The maximum atomic E-state index is 13.4. The number of allylic oxidation sites excluding steroid dienone is 4. The molecule has 1 atom stereocenters. The number of aromatic nitrogens is 3. The van der Waals surface area contributed by atoms with E-state index < -0.39 is 0 Å². The van der Waals surface area contributed by atoms with Gasteiger partial charge in [-0.1, -0.05) is 18.2 Å². The number of nitrogens with zero attached hydrogens (tertiary/aromatic N) is 4. The summed E-state index contributed by atoms with van der Waals surface area (Å²) in [5, 5.41) is 4.55. The van der Waals surface area contributed by atoms with E-state index in [1.165, 1.54) is 11.3 Å². The van der Waals surface area contributed by atoms with Gasteiger partial charge in [-0.2, -0.15) is 5.10 Å². The fourth-order valence-corrected chi connectivity index (χ4v) is 4.63. The zero-order chi connectivity index (χ0) is 25.0. The van der Waals surface area contributed by atoms with Gasteiger partial charge in [0, 0.05) is 31.5 Å². The zero-order valence-electron chi connectivity index (χ0n) is 21.2. The van der Waals surface area contributed by atoms with Crippen molar-refractivity contribution in [3.8, 4) is 0 Å². The summed E-state index contributed by atoms with van der Waals surface area (Å²) in [5.41, 5.74) is 4.97. The number of carbonyl (C=O) groups is 2. The Morgan fingerprint density at radius 2 is 1.97 bits per heavy atom. The average molecular weight is 477 g/mol. The molecule has 7 nitrogen and oxygen atoms in total. The van der Waals surface area contributed by atoms with Gasteiger partial charge in [0.25, 0.3) is 12.4 Å². The highest BCUT2D eigenvalue weighted by atomic mass is 16.5. The first-order chi connectivity index (χ1) is 16.7. The summed E-state index contributed by atoms with van der Waals surface area (Å²) in [4.78, 5) is 29.7. The number of carbonyl (C=O) groups excluding carboxylic acids is 2. The molecular weight excluding hydrogens is 440 g/mol. The van der Waals surface area contributed by atoms with Crippen LogP contribution >= 0.6 is 0 Å². The summed E-state index contributed by atoms with van der Waals surface area (Å²) in [6.45, 7) is 5.92. The molecule has 2 heterocycles. The maximum Gasteiger partial charge on any atom is 0.293 e. The van der Waals surface area contributed by atoms with E-state index in [-0.39, 0.29) is 17.6 Å². The molecule has 35 heavy (non-hydrogen) atoms. The van der Waals surface area contributed by atoms with Gasteiger partial charge in [-0.05, 0) is 89.0 Å². The number of pyridine rings is 1. The van der Waals surface area contributed by atoms with Gasteiger partial charge in [0.05, 0.1) is 17.0 Å². The molecular formula is C28H36N4O3. The molecule has 5 rings (SSSR count). The van der Waals surface area contributed by atoms with Crippen LogP contribution in [-0.2, 0) is 29.4 Å². The number of hydrogen-bond donors (Lipinski definition) is 0. The van der Waals surface area contributed by atoms with Gasteiger partial charge in [0.15, 0.2) is 0 Å². The second kappa shape index (κ2) is 10.6. The second-order valence-electron chi connectivity index (χ2n) is 10.5. The van der Waals surface area contributed by atoms with Gasteiger partial charge in [-0.15, -0.1) is 0 Å². The lowest BCUT2D eigenvalue weighted by Gasteiger charge is -2.34. The summed E-state index contributed by atoms with van der Waals surface area (Å²) in [6, 6.07) is 4.58. The lowest BCUT2D eigenvalue weighted by molar-refractivity contribution is -0.138. The minimum absolute atomic E-state index is 0.132. The Bertz CT molecular complexity index is 1100. The number of ether oxygens (including phenoxy) is 1. The third-order valence-electron chi connectivity index (χ3n) is 6.43. The van der Waals surface area contributed by atoms with E-state index in [1.807, 2.05) is 44.6 Å². The Morgan fingerprint density at radius 3 is 2.54 bits per heavy atom. The average Bonchev–Trinajstić information content (AvgIpc) is 3.59. The Hall–Kier alpha value is -3.22. The fourth-order valence-electron chi connectivity index (χ4n) is 4.63. The van der Waals surface area contributed by atoms with Gasteiger partial charge in [-0.25, -0.2) is 0 Å². The molecule has 1 saturated carbocycles. The standard InChI is InChI=1S/C23H26N4O.C5H10O2/c1-26-15-18-13-20(10-12-22(18)25-26)27(19-8-9-19)23(28)17-7-11-21(24-14-17)16-5-3-2-4-6-16;1-5(2,3)7-4-6/h3,5-7,11,14-15,19-20H,2,4,8-10,12-13H2,1H3;4H,1-3H3. The van der Waals surface area contributed by atoms with Gasteiger partial charge in [0.1, 0.15) is 5.60 Å². The molecule has 3 aliphatic rings. The summed E-state index contributed by atoms with van der Waals surface area (Å²) in [7, 11) is 1.97. The molecule has 1 fully saturated rings. The molecule has 0 N–H and O–H groups in total. The highest BCUT2D eigenvalue weighted by Gasteiger charge is 2.39. The van der Waals surface area contributed by atoms with Crippen LogP contribution in [0.4, 0.5) is 0 Å². The van der Waals surface area contributed by atoms with E-state index in [1.54, 1.807) is 6.20 Å². The molecule has 1 unspecified atom stereocenters. The van der Waals surface area contributed by atoms with Crippen LogP contribution in [0.1, 0.15) is 80.2 Å². The fraction of sp³-hybridized carbons (Fsp3) is 0.500. The van der Waals surface area contributed by atoms with E-state index in [9.17, 15) is 9.59 Å². The van der Waals surface area contributed by atoms with E-state index in [2.05, 4.69) is 44.1 Å². The lowest BCUT2D eigenvalue weighted by atomic mass is 9.92. The highest BCUT2D eigenvalue weighted by Crippen LogP contribution is 2.34. The smallest absolute Gasteiger partial charge is 0.293 e. The SMILES string of the molecule is CC(C)(C)OC=O.Cn1cc2c(n1)CCC(N(C(=O)c1ccc(C3=CCCC=C3)nc1)C1CC1)C2. The summed E-state index contributed by atoms with van der Waals surface area (Å²) in [5.74, 6) is 0.132. The van der Waals surface area contributed by atoms with Crippen LogP contribution in [0.15, 0.2) is 42.8 Å². The first kappa shape index (κ1) is 24.9. The lowest BCUT2D eigenvalue weighted by Crippen LogP contribution is -2.44. The van der Waals surface area contributed by atoms with Crippen molar-refractivity contribution in [2.24, 2.45) is 7.05 Å². The number of hydrogen-bond acceptors (Lipinski definition) is 5. The molecule has 3 aliphatic carbocycles. The molecule has 2 aromatic heterocycles. The Labute approximate surface area is 207 Å². The Morgan fingerprint density at radius 1 is 1.17 bits per heavy atom. The van der Waals surface area contributed by atoms with Crippen molar-refractivity contribution >= 4 is 18.0 Å². The predicted molar refractivity (Wildman–Crippen MR) is 136 cm³/mol. The van der Waals surface area contributed by atoms with Crippen molar-refractivity contribution in [1.29, 1.82) is 0 Å². The quantitative estimate of drug-likeness (QED) is 0.586. The van der Waals surface area contributed by atoms with Crippen LogP contribution in [0.5, 0.6) is 0 Å². The number of amides is 1. The minimum Gasteiger partial charge on any atom is -0.462 e. The Balaban J connectivity index is 0.000000364. The normalized spacial score (nSPS) is 19.1. The number of fused-ring (bicyclic) bond motifs is 1. The molecule has 0 aliphatic heterocycles. The van der Waals surface area contributed by atoms with Gasteiger partial charge < -0.3 is 9.64 Å². The van der Waals surface area contributed by atoms with E-state index in [4.69, 9.17) is 0 Å². The topological polar surface area (TPSA) is 77.3 Å². The van der Waals surface area contributed by atoms with Crippen LogP contribution in [0.3, 0.4) is 0 Å². The van der Waals surface area contributed by atoms with Crippen molar-refractivity contribution in [1.82, 2.24) is 19.7 Å². The largest absolute Gasteiger partial charge is 0.462 e. The molecule has 186 valence electrons. The van der Waals surface area contributed by atoms with E-state index in [0.29, 0.717) is 18.1 Å². The van der Waals surface area contributed by atoms with Crippen LogP contribution in [0, 0.1) is 0 Å². The van der Waals surface area contributed by atoms with Crippen molar-refractivity contribution in [3.63, 3.8) is 0 Å². The first-order valence-electron chi connectivity index (χ1n) is 12.5. The molecule has 1 amide bonds. The van der Waals surface area contributed by atoms with E-state index >= 15 is 0 Å². The zero-order valence-corrected chi connectivity index (χ0v) is 21.2. The molecule has 2 aromatic rings. The van der Waals surface area contributed by atoms with Crippen LogP contribution in [0.25, 0.3) is 5.57 Å². The summed E-state index contributed by atoms with van der Waals surface area (Å²) < 4.78 is 6.44. The van der Waals surface area contributed by atoms with Gasteiger partial charge in [0.2, 0.25) is 0 Å². The van der Waals surface area contributed by atoms with Crippen molar-refractivity contribution in [2.45, 2.75) is 83.4 Å². The molecule has 7 heteroatoms.